The molecule has 0 spiro atoms. The minimum absolute atomic E-state index is 0.242. The number of hydrazine groups is 1. The van der Waals surface area contributed by atoms with E-state index < -0.39 is 24.5 Å². The van der Waals surface area contributed by atoms with Gasteiger partial charge in [-0.3, -0.25) is 30.0 Å². The van der Waals surface area contributed by atoms with Gasteiger partial charge in [-0.2, -0.15) is 13.2 Å². The van der Waals surface area contributed by atoms with Crippen LogP contribution in [0.2, 0.25) is 0 Å². The van der Waals surface area contributed by atoms with Crippen molar-refractivity contribution in [1.82, 2.24) is 21.1 Å². The van der Waals surface area contributed by atoms with E-state index in [1.165, 1.54) is 11.8 Å². The standard InChI is InChI=1S/C11H15F3N2O2.C4H10.C3H6N2O2/c1-10(2)6-4-16(5-7(6)10)8(17)3-15-9(18)11(12,13)14;1-4(2)3;1-3(7)5-4-2-6/h6-7H,3-5H2,1-2H3,(H,15,18);4H,1-3H3;2H,1H3,(H,4,6)(H,5,7)/t6-,7?;;/m1../s1. The van der Waals surface area contributed by atoms with Gasteiger partial charge in [0, 0.05) is 20.0 Å². The Hall–Kier alpha value is -2.33. The zero-order valence-corrected chi connectivity index (χ0v) is 17.6. The quantitative estimate of drug-likeness (QED) is 0.466. The van der Waals surface area contributed by atoms with Gasteiger partial charge in [-0.1, -0.05) is 34.6 Å². The number of rotatable bonds is 4. The van der Waals surface area contributed by atoms with E-state index in [2.05, 4.69) is 34.6 Å². The van der Waals surface area contributed by atoms with Gasteiger partial charge in [-0.05, 0) is 23.2 Å². The van der Waals surface area contributed by atoms with Crippen LogP contribution in [0.4, 0.5) is 13.2 Å². The number of alkyl halides is 3. The van der Waals surface area contributed by atoms with Crippen molar-refractivity contribution >= 4 is 24.1 Å². The number of amides is 4. The van der Waals surface area contributed by atoms with E-state index >= 15 is 0 Å². The lowest BCUT2D eigenvalue weighted by atomic mass is 10.1. The zero-order valence-electron chi connectivity index (χ0n) is 17.6. The van der Waals surface area contributed by atoms with E-state index in [-0.39, 0.29) is 11.3 Å². The van der Waals surface area contributed by atoms with Gasteiger partial charge in [0.2, 0.25) is 18.2 Å². The van der Waals surface area contributed by atoms with Crippen LogP contribution in [-0.4, -0.2) is 54.8 Å². The second-order valence-electron chi connectivity index (χ2n) is 8.19. The van der Waals surface area contributed by atoms with Gasteiger partial charge in [-0.15, -0.1) is 0 Å². The molecule has 168 valence electrons. The number of hydrogen-bond acceptors (Lipinski definition) is 4. The first-order valence-electron chi connectivity index (χ1n) is 9.23. The first-order chi connectivity index (χ1) is 13.1. The monoisotopic (exact) mass is 424 g/mol. The van der Waals surface area contributed by atoms with Crippen LogP contribution < -0.4 is 16.2 Å². The van der Waals surface area contributed by atoms with Crippen LogP contribution in [0.25, 0.3) is 0 Å². The predicted octanol–water partition coefficient (Wildman–Crippen LogP) is 1.23. The fourth-order valence-corrected chi connectivity index (χ4v) is 2.83. The van der Waals surface area contributed by atoms with E-state index in [9.17, 15) is 32.3 Å². The summed E-state index contributed by atoms with van der Waals surface area (Å²) in [6, 6.07) is 0. The molecule has 1 aliphatic heterocycles. The molecule has 0 radical (unpaired) electrons. The second kappa shape index (κ2) is 11.0. The normalized spacial score (nSPS) is 20.8. The van der Waals surface area contributed by atoms with E-state index in [1.54, 1.807) is 5.32 Å². The number of nitrogens with zero attached hydrogens (tertiary/aromatic N) is 1. The average Bonchev–Trinajstić information content (AvgIpc) is 2.93. The Morgan fingerprint density at radius 3 is 1.90 bits per heavy atom. The lowest BCUT2D eigenvalue weighted by Crippen LogP contribution is -2.44. The molecule has 2 atom stereocenters. The van der Waals surface area contributed by atoms with Gasteiger partial charge in [0.1, 0.15) is 0 Å². The highest BCUT2D eigenvalue weighted by molar-refractivity contribution is 5.87. The molecule has 1 unspecified atom stereocenters. The fraction of sp³-hybridized carbons (Fsp3) is 0.778. The zero-order chi connectivity index (χ0) is 23.0. The number of likely N-dealkylation sites (tertiary alicyclic amines) is 1. The molecule has 3 N–H and O–H groups in total. The summed E-state index contributed by atoms with van der Waals surface area (Å²) in [5.41, 5.74) is 4.25. The van der Waals surface area contributed by atoms with Gasteiger partial charge in [0.15, 0.2) is 0 Å². The van der Waals surface area contributed by atoms with Gasteiger partial charge in [-0.25, -0.2) is 0 Å². The predicted molar refractivity (Wildman–Crippen MR) is 99.9 cm³/mol. The number of piperidine rings is 1. The number of hydrogen-bond donors (Lipinski definition) is 3. The third-order valence-corrected chi connectivity index (χ3v) is 4.44. The third kappa shape index (κ3) is 9.62. The molecule has 1 aliphatic carbocycles. The molecule has 2 aliphatic rings. The van der Waals surface area contributed by atoms with E-state index in [4.69, 9.17) is 0 Å². The van der Waals surface area contributed by atoms with Crippen molar-refractivity contribution in [3.63, 3.8) is 0 Å². The van der Waals surface area contributed by atoms with Crippen LogP contribution in [-0.2, 0) is 19.2 Å². The van der Waals surface area contributed by atoms with Crippen molar-refractivity contribution in [3.8, 4) is 0 Å². The Labute approximate surface area is 168 Å². The maximum absolute atomic E-state index is 11.9. The lowest BCUT2D eigenvalue weighted by Gasteiger charge is -2.22. The van der Waals surface area contributed by atoms with Crippen LogP contribution >= 0.6 is 0 Å². The highest BCUT2D eigenvalue weighted by atomic mass is 19.4. The SMILES string of the molecule is CC(=O)NNC=O.CC(C)C.CC1(C)C2CN(C(=O)CNC(=O)C(F)(F)F)C[C@H]21. The Morgan fingerprint density at radius 2 is 1.59 bits per heavy atom. The van der Waals surface area contributed by atoms with E-state index in [1.807, 2.05) is 10.9 Å². The molecule has 1 heterocycles. The summed E-state index contributed by atoms with van der Waals surface area (Å²) in [4.78, 5) is 42.9. The molecule has 2 rings (SSSR count). The summed E-state index contributed by atoms with van der Waals surface area (Å²) < 4.78 is 35.7. The van der Waals surface area contributed by atoms with Crippen molar-refractivity contribution in [2.24, 2.45) is 23.2 Å². The Balaban J connectivity index is 0.000000594. The summed E-state index contributed by atoms with van der Waals surface area (Å²) in [6.45, 7) is 12.6. The maximum atomic E-state index is 11.9. The van der Waals surface area contributed by atoms with Crippen molar-refractivity contribution in [2.45, 2.75) is 47.7 Å². The van der Waals surface area contributed by atoms with Gasteiger partial charge >= 0.3 is 12.1 Å². The molecule has 1 saturated carbocycles. The Morgan fingerprint density at radius 1 is 1.14 bits per heavy atom. The minimum Gasteiger partial charge on any atom is -0.341 e. The van der Waals surface area contributed by atoms with E-state index in [0.717, 1.165) is 5.92 Å². The summed E-state index contributed by atoms with van der Waals surface area (Å²) in [5, 5.41) is 1.59. The lowest BCUT2D eigenvalue weighted by molar-refractivity contribution is -0.174. The van der Waals surface area contributed by atoms with E-state index in [0.29, 0.717) is 31.3 Å². The highest BCUT2D eigenvalue weighted by Gasteiger charge is 2.62. The van der Waals surface area contributed by atoms with Gasteiger partial charge in [0.25, 0.3) is 0 Å². The molecule has 0 aromatic heterocycles. The molecule has 0 bridgehead atoms. The minimum atomic E-state index is -4.94. The molecule has 11 heteroatoms. The molecule has 8 nitrogen and oxygen atoms in total. The Kier molecular flexibility index (Phi) is 10.1. The summed E-state index contributed by atoms with van der Waals surface area (Å²) >= 11 is 0. The van der Waals surface area contributed by atoms with Crippen molar-refractivity contribution in [3.05, 3.63) is 0 Å². The fourth-order valence-electron chi connectivity index (χ4n) is 2.83. The topological polar surface area (TPSA) is 108 Å². The first kappa shape index (κ1) is 26.7. The number of carbonyl (C=O) groups excluding carboxylic acids is 4. The largest absolute Gasteiger partial charge is 0.471 e. The molecular formula is C18H31F3N4O4. The molecule has 2 fully saturated rings. The van der Waals surface area contributed by atoms with Crippen molar-refractivity contribution in [2.75, 3.05) is 19.6 Å². The average molecular weight is 424 g/mol. The van der Waals surface area contributed by atoms with Crippen molar-refractivity contribution in [1.29, 1.82) is 0 Å². The Bertz CT molecular complexity index is 577. The molecule has 1 saturated heterocycles. The summed E-state index contributed by atoms with van der Waals surface area (Å²) in [5.74, 6) is -1.08. The molecule has 4 amide bonds. The molecular weight excluding hydrogens is 393 g/mol. The number of fused-ring (bicyclic) bond motifs is 1. The molecule has 0 aromatic carbocycles. The molecule has 0 aromatic rings. The second-order valence-corrected chi connectivity index (χ2v) is 8.19. The van der Waals surface area contributed by atoms with Gasteiger partial charge in [0.05, 0.1) is 6.54 Å². The smallest absolute Gasteiger partial charge is 0.341 e. The van der Waals surface area contributed by atoms with Crippen LogP contribution in [0.5, 0.6) is 0 Å². The highest BCUT2D eigenvalue weighted by Crippen LogP contribution is 2.61. The summed E-state index contributed by atoms with van der Waals surface area (Å²) in [6.07, 6.45) is -4.54. The van der Waals surface area contributed by atoms with Crippen LogP contribution in [0.15, 0.2) is 0 Å². The van der Waals surface area contributed by atoms with Crippen LogP contribution in [0.3, 0.4) is 0 Å². The number of carbonyl (C=O) groups is 4. The number of nitrogens with one attached hydrogen (secondary N) is 3. The van der Waals surface area contributed by atoms with Crippen LogP contribution in [0.1, 0.15) is 41.5 Å². The van der Waals surface area contributed by atoms with Gasteiger partial charge < -0.3 is 10.2 Å². The van der Waals surface area contributed by atoms with Crippen LogP contribution in [0, 0.1) is 23.2 Å². The van der Waals surface area contributed by atoms with Crippen molar-refractivity contribution < 1.29 is 32.3 Å². The molecule has 29 heavy (non-hydrogen) atoms. The first-order valence-corrected chi connectivity index (χ1v) is 9.23. The number of halogens is 3. The summed E-state index contributed by atoms with van der Waals surface area (Å²) in [7, 11) is 0. The maximum Gasteiger partial charge on any atom is 0.471 e. The third-order valence-electron chi connectivity index (χ3n) is 4.44.